The molecule has 0 heterocycles. The van der Waals surface area contributed by atoms with Gasteiger partial charge in [0.15, 0.2) is 0 Å². The Hall–Kier alpha value is -1.36. The Labute approximate surface area is 120 Å². The van der Waals surface area contributed by atoms with Gasteiger partial charge in [0.2, 0.25) is 0 Å². The molecule has 0 saturated heterocycles. The summed E-state index contributed by atoms with van der Waals surface area (Å²) in [6, 6.07) is 13.0. The molecule has 19 heavy (non-hydrogen) atoms. The summed E-state index contributed by atoms with van der Waals surface area (Å²) < 4.78 is 0.963. The fourth-order valence-electron chi connectivity index (χ4n) is 2.03. The molecule has 100 valence electrons. The Morgan fingerprint density at radius 2 is 1.79 bits per heavy atom. The molecule has 0 aliphatic heterocycles. The fourth-order valence-corrected chi connectivity index (χ4v) is 2.30. The molecule has 3 nitrogen and oxygen atoms in total. The van der Waals surface area contributed by atoms with Crippen LogP contribution >= 0.6 is 15.9 Å². The van der Waals surface area contributed by atoms with Crippen molar-refractivity contribution >= 4 is 21.6 Å². The van der Waals surface area contributed by atoms with Crippen LogP contribution in [0, 0.1) is 0 Å². The van der Waals surface area contributed by atoms with Crippen molar-refractivity contribution in [3.63, 3.8) is 0 Å². The molecular weight excluding hydrogens is 306 g/mol. The highest BCUT2D eigenvalue weighted by atomic mass is 79.9. The van der Waals surface area contributed by atoms with E-state index < -0.39 is 6.10 Å². The van der Waals surface area contributed by atoms with E-state index >= 15 is 0 Å². The van der Waals surface area contributed by atoms with Crippen LogP contribution in [-0.4, -0.2) is 16.8 Å². The van der Waals surface area contributed by atoms with E-state index in [0.29, 0.717) is 17.7 Å². The van der Waals surface area contributed by atoms with Gasteiger partial charge in [0.05, 0.1) is 0 Å². The van der Waals surface area contributed by atoms with E-state index in [9.17, 15) is 5.11 Å². The predicted molar refractivity (Wildman–Crippen MR) is 79.8 cm³/mol. The van der Waals surface area contributed by atoms with Gasteiger partial charge in [0, 0.05) is 22.3 Å². The van der Waals surface area contributed by atoms with E-state index in [4.69, 9.17) is 10.8 Å². The third kappa shape index (κ3) is 3.15. The lowest BCUT2D eigenvalue weighted by atomic mass is 9.96. The highest BCUT2D eigenvalue weighted by Crippen LogP contribution is 2.29. The molecule has 0 spiro atoms. The molecule has 4 N–H and O–H groups in total. The average molecular weight is 322 g/mol. The average Bonchev–Trinajstić information content (AvgIpc) is 2.41. The van der Waals surface area contributed by atoms with Gasteiger partial charge in [-0.1, -0.05) is 46.3 Å². The van der Waals surface area contributed by atoms with Crippen LogP contribution in [0.4, 0.5) is 5.69 Å². The molecule has 0 aliphatic rings. The number of hydrogen-bond acceptors (Lipinski definition) is 3. The minimum atomic E-state index is -0.758. The summed E-state index contributed by atoms with van der Waals surface area (Å²) in [6.07, 6.45) is -0.265. The fraction of sp³-hybridized carbons (Fsp3) is 0.200. The van der Waals surface area contributed by atoms with Crippen molar-refractivity contribution < 1.29 is 10.2 Å². The third-order valence-electron chi connectivity index (χ3n) is 3.09. The number of hydrogen-bond donors (Lipinski definition) is 3. The topological polar surface area (TPSA) is 66.5 Å². The van der Waals surface area contributed by atoms with Crippen LogP contribution in [0.5, 0.6) is 0 Å². The van der Waals surface area contributed by atoms with E-state index in [1.807, 2.05) is 42.5 Å². The molecule has 0 fully saturated rings. The molecule has 0 radical (unpaired) electrons. The number of aliphatic hydroxyl groups is 2. The van der Waals surface area contributed by atoms with Gasteiger partial charge in [-0.15, -0.1) is 0 Å². The summed E-state index contributed by atoms with van der Waals surface area (Å²) in [5.41, 5.74) is 8.93. The first-order valence-electron chi connectivity index (χ1n) is 6.05. The summed E-state index contributed by atoms with van der Waals surface area (Å²) in [4.78, 5) is 0. The van der Waals surface area contributed by atoms with Gasteiger partial charge >= 0.3 is 0 Å². The smallest absolute Gasteiger partial charge is 0.106 e. The van der Waals surface area contributed by atoms with Crippen molar-refractivity contribution in [1.82, 2.24) is 0 Å². The molecular formula is C15H16BrNO2. The van der Waals surface area contributed by atoms with Gasteiger partial charge in [0.25, 0.3) is 0 Å². The highest BCUT2D eigenvalue weighted by molar-refractivity contribution is 9.10. The Morgan fingerprint density at radius 3 is 2.42 bits per heavy atom. The summed E-state index contributed by atoms with van der Waals surface area (Å²) in [5, 5.41) is 19.4. The standard InChI is InChI=1S/C15H16BrNO2/c16-12-6-4-11(5-7-12)15(19)13-3-1-2-10(8-9-18)14(13)17/h1-7,15,18-19H,8-9,17H2. The largest absolute Gasteiger partial charge is 0.398 e. The van der Waals surface area contributed by atoms with Crippen molar-refractivity contribution in [3.8, 4) is 0 Å². The zero-order chi connectivity index (χ0) is 13.8. The maximum absolute atomic E-state index is 10.4. The van der Waals surface area contributed by atoms with Gasteiger partial charge < -0.3 is 15.9 Å². The van der Waals surface area contributed by atoms with Crippen LogP contribution in [-0.2, 0) is 6.42 Å². The van der Waals surface area contributed by atoms with Crippen LogP contribution in [0.3, 0.4) is 0 Å². The molecule has 2 rings (SSSR count). The lowest BCUT2D eigenvalue weighted by Gasteiger charge is -2.16. The van der Waals surface area contributed by atoms with Crippen molar-refractivity contribution in [2.45, 2.75) is 12.5 Å². The van der Waals surface area contributed by atoms with Crippen molar-refractivity contribution in [2.24, 2.45) is 0 Å². The first-order chi connectivity index (χ1) is 9.13. The van der Waals surface area contributed by atoms with Crippen LogP contribution in [0.25, 0.3) is 0 Å². The molecule has 2 aromatic rings. The maximum atomic E-state index is 10.4. The number of rotatable bonds is 4. The van der Waals surface area contributed by atoms with Crippen LogP contribution in [0.1, 0.15) is 22.8 Å². The number of halogens is 1. The first-order valence-corrected chi connectivity index (χ1v) is 6.84. The zero-order valence-electron chi connectivity index (χ0n) is 10.4. The van der Waals surface area contributed by atoms with Crippen LogP contribution in [0.2, 0.25) is 0 Å². The van der Waals surface area contributed by atoms with Crippen LogP contribution < -0.4 is 5.73 Å². The quantitative estimate of drug-likeness (QED) is 0.758. The van der Waals surface area contributed by atoms with Crippen molar-refractivity contribution in [1.29, 1.82) is 0 Å². The van der Waals surface area contributed by atoms with Gasteiger partial charge in [-0.3, -0.25) is 0 Å². The van der Waals surface area contributed by atoms with Crippen molar-refractivity contribution in [2.75, 3.05) is 12.3 Å². The molecule has 4 heteroatoms. The molecule has 1 unspecified atom stereocenters. The second kappa shape index (κ2) is 6.19. The molecule has 0 amide bonds. The third-order valence-corrected chi connectivity index (χ3v) is 3.62. The molecule has 0 aromatic heterocycles. The molecule has 0 aliphatic carbocycles. The van der Waals surface area contributed by atoms with Gasteiger partial charge in [0.1, 0.15) is 6.10 Å². The number of nitrogen functional groups attached to an aromatic ring is 1. The van der Waals surface area contributed by atoms with E-state index in [-0.39, 0.29) is 6.61 Å². The van der Waals surface area contributed by atoms with Gasteiger partial charge in [-0.05, 0) is 29.7 Å². The lowest BCUT2D eigenvalue weighted by Crippen LogP contribution is -2.07. The second-order valence-corrected chi connectivity index (χ2v) is 5.26. The summed E-state index contributed by atoms with van der Waals surface area (Å²) in [5.74, 6) is 0. The molecule has 2 aromatic carbocycles. The zero-order valence-corrected chi connectivity index (χ0v) is 12.0. The normalized spacial score (nSPS) is 12.4. The first kappa shape index (κ1) is 14.1. The molecule has 0 saturated carbocycles. The summed E-state index contributed by atoms with van der Waals surface area (Å²) >= 11 is 3.36. The number of anilines is 1. The summed E-state index contributed by atoms with van der Waals surface area (Å²) in [7, 11) is 0. The lowest BCUT2D eigenvalue weighted by molar-refractivity contribution is 0.221. The van der Waals surface area contributed by atoms with Gasteiger partial charge in [-0.25, -0.2) is 0 Å². The minimum Gasteiger partial charge on any atom is -0.398 e. The van der Waals surface area contributed by atoms with E-state index in [2.05, 4.69) is 15.9 Å². The SMILES string of the molecule is Nc1c(CCO)cccc1C(O)c1ccc(Br)cc1. The predicted octanol–water partition coefficient (Wildman–Crippen LogP) is 2.65. The molecule has 0 bridgehead atoms. The van der Waals surface area contributed by atoms with Crippen molar-refractivity contribution in [3.05, 3.63) is 63.6 Å². The number of benzene rings is 2. The summed E-state index contributed by atoms with van der Waals surface area (Å²) in [6.45, 7) is 0.0437. The Balaban J connectivity index is 2.35. The highest BCUT2D eigenvalue weighted by Gasteiger charge is 2.15. The Kier molecular flexibility index (Phi) is 4.58. The number of nitrogens with two attached hydrogens (primary N) is 1. The monoisotopic (exact) mass is 321 g/mol. The van der Waals surface area contributed by atoms with E-state index in [1.54, 1.807) is 0 Å². The van der Waals surface area contributed by atoms with Crippen LogP contribution in [0.15, 0.2) is 46.9 Å². The number of aliphatic hydroxyl groups excluding tert-OH is 2. The van der Waals surface area contributed by atoms with E-state index in [0.717, 1.165) is 15.6 Å². The maximum Gasteiger partial charge on any atom is 0.106 e. The second-order valence-electron chi connectivity index (χ2n) is 4.35. The van der Waals surface area contributed by atoms with Gasteiger partial charge in [-0.2, -0.15) is 0 Å². The Morgan fingerprint density at radius 1 is 1.11 bits per heavy atom. The van der Waals surface area contributed by atoms with E-state index in [1.165, 1.54) is 0 Å². The number of para-hydroxylation sites is 1. The molecule has 1 atom stereocenters. The Bertz CT molecular complexity index is 555. The minimum absolute atomic E-state index is 0.0437.